The summed E-state index contributed by atoms with van der Waals surface area (Å²) < 4.78 is -1.25. The van der Waals surface area contributed by atoms with E-state index in [9.17, 15) is 19.5 Å². The Balaban J connectivity index is 1.87. The molecule has 3 aliphatic heterocycles. The molecule has 3 aliphatic rings. The summed E-state index contributed by atoms with van der Waals surface area (Å²) in [4.78, 5) is 48.9. The van der Waals surface area contributed by atoms with Gasteiger partial charge in [-0.15, -0.1) is 24.9 Å². The average molecular weight is 568 g/mol. The predicted octanol–water partition coefficient (Wildman–Crippen LogP) is 4.52. The van der Waals surface area contributed by atoms with E-state index in [4.69, 9.17) is 0 Å². The third-order valence-corrected chi connectivity index (χ3v) is 11.0. The van der Waals surface area contributed by atoms with Crippen molar-refractivity contribution in [2.75, 3.05) is 24.6 Å². The molecule has 3 saturated heterocycles. The Bertz CT molecular complexity index is 1160. The zero-order valence-corrected chi connectivity index (χ0v) is 25.6. The third-order valence-electron chi connectivity index (χ3n) is 9.06. The van der Waals surface area contributed by atoms with Crippen LogP contribution in [0.15, 0.2) is 55.6 Å². The molecule has 0 aliphatic carbocycles. The molecular weight excluding hydrogens is 522 g/mol. The SMILES string of the molecule is C=CCN(C(=O)[C@@H]1[C@H]2C(=O)N([C@@H](CO)C(C)C)C(C(=O)N(CC=C)C(C)(C)C)C23CC[C@@]1(C)S3)c1ccccc1. The Morgan fingerprint density at radius 1 is 1.12 bits per heavy atom. The van der Waals surface area contributed by atoms with Gasteiger partial charge in [0.25, 0.3) is 0 Å². The van der Waals surface area contributed by atoms with Gasteiger partial charge in [-0.25, -0.2) is 0 Å². The minimum Gasteiger partial charge on any atom is -0.394 e. The summed E-state index contributed by atoms with van der Waals surface area (Å²) in [6.45, 7) is 20.1. The predicted molar refractivity (Wildman–Crippen MR) is 162 cm³/mol. The van der Waals surface area contributed by atoms with E-state index in [0.717, 1.165) is 12.1 Å². The highest BCUT2D eigenvalue weighted by molar-refractivity contribution is 8.02. The molecule has 2 unspecified atom stereocenters. The van der Waals surface area contributed by atoms with Crippen LogP contribution in [-0.4, -0.2) is 79.4 Å². The van der Waals surface area contributed by atoms with Crippen LogP contribution in [0.3, 0.4) is 0 Å². The first-order chi connectivity index (χ1) is 18.8. The zero-order chi connectivity index (χ0) is 29.6. The highest BCUT2D eigenvalue weighted by atomic mass is 32.2. The van der Waals surface area contributed by atoms with E-state index in [0.29, 0.717) is 19.5 Å². The van der Waals surface area contributed by atoms with Crippen molar-refractivity contribution < 1.29 is 19.5 Å². The lowest BCUT2D eigenvalue weighted by Gasteiger charge is -2.44. The highest BCUT2D eigenvalue weighted by Gasteiger charge is 2.78. The maximum absolute atomic E-state index is 14.6. The van der Waals surface area contributed by atoms with E-state index < -0.39 is 39.0 Å². The second-order valence-electron chi connectivity index (χ2n) is 12.9. The Morgan fingerprint density at radius 2 is 1.75 bits per heavy atom. The summed E-state index contributed by atoms with van der Waals surface area (Å²) in [5.41, 5.74) is 0.253. The van der Waals surface area contributed by atoms with Gasteiger partial charge < -0.3 is 19.8 Å². The molecule has 1 aromatic carbocycles. The number of hydrogen-bond donors (Lipinski definition) is 1. The van der Waals surface area contributed by atoms with Crippen LogP contribution >= 0.6 is 11.8 Å². The number of likely N-dealkylation sites (tertiary alicyclic amines) is 1. The molecule has 40 heavy (non-hydrogen) atoms. The van der Waals surface area contributed by atoms with Crippen LogP contribution in [0.5, 0.6) is 0 Å². The Kier molecular flexibility index (Phi) is 8.36. The molecule has 7 nitrogen and oxygen atoms in total. The number of aliphatic hydroxyl groups is 1. The lowest BCUT2D eigenvalue weighted by Crippen LogP contribution is -2.61. The monoisotopic (exact) mass is 567 g/mol. The molecule has 6 atom stereocenters. The molecule has 1 N–H and O–H groups in total. The summed E-state index contributed by atoms with van der Waals surface area (Å²) in [5.74, 6) is -1.79. The van der Waals surface area contributed by atoms with Crippen LogP contribution in [0, 0.1) is 17.8 Å². The van der Waals surface area contributed by atoms with Gasteiger partial charge in [-0.05, 0) is 58.6 Å². The number of carbonyl (C=O) groups is 3. The topological polar surface area (TPSA) is 81.2 Å². The van der Waals surface area contributed by atoms with Crippen molar-refractivity contribution in [2.45, 2.75) is 81.5 Å². The fourth-order valence-electron chi connectivity index (χ4n) is 7.20. The Hall–Kier alpha value is -2.58. The summed E-state index contributed by atoms with van der Waals surface area (Å²) >= 11 is 1.66. The molecule has 0 saturated carbocycles. The number of rotatable bonds is 10. The van der Waals surface area contributed by atoms with Crippen LogP contribution in [0.1, 0.15) is 54.4 Å². The number of nitrogens with zero attached hydrogens (tertiary/aromatic N) is 3. The third kappa shape index (κ3) is 4.71. The number of benzene rings is 1. The van der Waals surface area contributed by atoms with Gasteiger partial charge in [0, 0.05) is 29.1 Å². The summed E-state index contributed by atoms with van der Waals surface area (Å²) in [5, 5.41) is 10.5. The summed E-state index contributed by atoms with van der Waals surface area (Å²) in [7, 11) is 0. The first kappa shape index (κ1) is 30.4. The number of aliphatic hydroxyl groups excluding tert-OH is 1. The fourth-order valence-corrected chi connectivity index (χ4v) is 9.53. The van der Waals surface area contributed by atoms with E-state index in [1.165, 1.54) is 0 Å². The number of thioether (sulfide) groups is 1. The van der Waals surface area contributed by atoms with Crippen LogP contribution < -0.4 is 4.90 Å². The van der Waals surface area contributed by atoms with Gasteiger partial charge in [-0.3, -0.25) is 14.4 Å². The van der Waals surface area contributed by atoms with Gasteiger partial charge >= 0.3 is 0 Å². The van der Waals surface area contributed by atoms with E-state index in [2.05, 4.69) is 20.1 Å². The molecule has 2 bridgehead atoms. The van der Waals surface area contributed by atoms with Crippen molar-refractivity contribution in [2.24, 2.45) is 17.8 Å². The van der Waals surface area contributed by atoms with Crippen LogP contribution in [0.25, 0.3) is 0 Å². The quantitative estimate of drug-likeness (QED) is 0.421. The smallest absolute Gasteiger partial charge is 0.247 e. The molecule has 1 aromatic rings. The number of amides is 3. The van der Waals surface area contributed by atoms with Crippen LogP contribution in [0.2, 0.25) is 0 Å². The second kappa shape index (κ2) is 11.0. The van der Waals surface area contributed by atoms with Crippen molar-refractivity contribution >= 4 is 35.2 Å². The second-order valence-corrected chi connectivity index (χ2v) is 14.8. The largest absolute Gasteiger partial charge is 0.394 e. The molecule has 0 aromatic heterocycles. The lowest BCUT2D eigenvalue weighted by atomic mass is 9.66. The molecular formula is C32H45N3O4S. The van der Waals surface area contributed by atoms with Crippen molar-refractivity contribution in [1.82, 2.24) is 9.80 Å². The van der Waals surface area contributed by atoms with Gasteiger partial charge in [-0.1, -0.05) is 44.2 Å². The molecule has 3 amide bonds. The number of carbonyl (C=O) groups excluding carboxylic acids is 3. The van der Waals surface area contributed by atoms with E-state index in [1.54, 1.807) is 38.6 Å². The van der Waals surface area contributed by atoms with E-state index in [-0.39, 0.29) is 30.2 Å². The number of anilines is 1. The average Bonchev–Trinajstić information content (AvgIpc) is 3.46. The fraction of sp³-hybridized carbons (Fsp3) is 0.594. The maximum atomic E-state index is 14.6. The van der Waals surface area contributed by atoms with E-state index >= 15 is 0 Å². The molecule has 3 heterocycles. The van der Waals surface area contributed by atoms with Crippen molar-refractivity contribution in [3.05, 3.63) is 55.6 Å². The highest BCUT2D eigenvalue weighted by Crippen LogP contribution is 2.72. The van der Waals surface area contributed by atoms with Crippen molar-refractivity contribution in [1.29, 1.82) is 0 Å². The normalized spacial score (nSPS) is 29.9. The standard InChI is InChI=1S/C32H45N3O4S/c1-9-18-33(22-14-12-11-13-15-22)27(37)24-25-28(38)35(23(20-36)21(3)4)26(32(25)17-16-31(24,8)40-32)29(39)34(19-10-2)30(5,6)7/h9-15,21,23-26,36H,1-2,16-20H2,3-8H3/t23-,24-,25-,26?,31+,32?/m0/s1. The first-order valence-electron chi connectivity index (χ1n) is 14.3. The minimum atomic E-state index is -0.780. The van der Waals surface area contributed by atoms with Gasteiger partial charge in [0.2, 0.25) is 17.7 Å². The van der Waals surface area contributed by atoms with Crippen LogP contribution in [0.4, 0.5) is 5.69 Å². The number of fused-ring (bicyclic) bond motifs is 1. The van der Waals surface area contributed by atoms with Crippen LogP contribution in [-0.2, 0) is 14.4 Å². The molecule has 0 radical (unpaired) electrons. The number of para-hydroxylation sites is 1. The van der Waals surface area contributed by atoms with Gasteiger partial charge in [-0.2, -0.15) is 0 Å². The molecule has 3 fully saturated rings. The molecule has 8 heteroatoms. The molecule has 4 rings (SSSR count). The van der Waals surface area contributed by atoms with Gasteiger partial charge in [0.05, 0.1) is 29.2 Å². The summed E-state index contributed by atoms with van der Waals surface area (Å²) in [6.07, 6.45) is 4.81. The Labute approximate surface area is 243 Å². The van der Waals surface area contributed by atoms with Gasteiger partial charge in [0.1, 0.15) is 6.04 Å². The minimum absolute atomic E-state index is 0.0736. The Morgan fingerprint density at radius 3 is 2.27 bits per heavy atom. The maximum Gasteiger partial charge on any atom is 0.247 e. The molecule has 1 spiro atoms. The lowest BCUT2D eigenvalue weighted by molar-refractivity contribution is -0.149. The molecule has 218 valence electrons. The van der Waals surface area contributed by atoms with Crippen molar-refractivity contribution in [3.63, 3.8) is 0 Å². The summed E-state index contributed by atoms with van der Waals surface area (Å²) in [6, 6.07) is 8.17. The van der Waals surface area contributed by atoms with E-state index in [1.807, 2.05) is 65.0 Å². The number of hydrogen-bond acceptors (Lipinski definition) is 5. The first-order valence-corrected chi connectivity index (χ1v) is 15.1. The zero-order valence-electron chi connectivity index (χ0n) is 24.8. The van der Waals surface area contributed by atoms with Crippen molar-refractivity contribution in [3.8, 4) is 0 Å². The van der Waals surface area contributed by atoms with Gasteiger partial charge in [0.15, 0.2) is 0 Å².